The number of morpholine rings is 1. The number of amides is 1. The topological polar surface area (TPSA) is 82.2 Å². The number of fused-ring (bicyclic) bond motifs is 1. The largest absolute Gasteiger partial charge is 0.483 e. The van der Waals surface area contributed by atoms with E-state index in [2.05, 4.69) is 5.32 Å². The second kappa shape index (κ2) is 9.01. The number of rotatable bonds is 7. The van der Waals surface area contributed by atoms with Gasteiger partial charge in [0, 0.05) is 19.0 Å². The molecular formula is C20H27N2O5+. The van der Waals surface area contributed by atoms with Crippen LogP contribution in [0, 0.1) is 13.8 Å². The highest BCUT2D eigenvalue weighted by atomic mass is 16.5. The molecule has 1 aromatic heterocycles. The molecule has 0 unspecified atom stereocenters. The number of benzene rings is 1. The molecular weight excluding hydrogens is 348 g/mol. The maximum absolute atomic E-state index is 12.1. The van der Waals surface area contributed by atoms with Crippen LogP contribution in [0.1, 0.15) is 17.5 Å². The average molecular weight is 375 g/mol. The molecule has 0 spiro atoms. The molecule has 2 heterocycles. The average Bonchev–Trinajstić information content (AvgIpc) is 2.63. The van der Waals surface area contributed by atoms with Crippen LogP contribution in [0.5, 0.6) is 5.75 Å². The molecule has 7 nitrogen and oxygen atoms in total. The van der Waals surface area contributed by atoms with E-state index in [1.807, 2.05) is 19.9 Å². The molecule has 0 saturated carbocycles. The highest BCUT2D eigenvalue weighted by Crippen LogP contribution is 2.29. The van der Waals surface area contributed by atoms with E-state index in [1.165, 1.54) is 11.0 Å². The molecule has 1 aliphatic heterocycles. The van der Waals surface area contributed by atoms with Crippen molar-refractivity contribution in [2.45, 2.75) is 20.3 Å². The van der Waals surface area contributed by atoms with E-state index >= 15 is 0 Å². The molecule has 27 heavy (non-hydrogen) atoms. The van der Waals surface area contributed by atoms with E-state index in [-0.39, 0.29) is 12.5 Å². The van der Waals surface area contributed by atoms with Crippen molar-refractivity contribution >= 4 is 16.9 Å². The molecule has 1 aliphatic rings. The van der Waals surface area contributed by atoms with Crippen molar-refractivity contribution in [3.05, 3.63) is 39.7 Å². The molecule has 1 aromatic carbocycles. The van der Waals surface area contributed by atoms with Gasteiger partial charge in [-0.3, -0.25) is 4.79 Å². The first-order chi connectivity index (χ1) is 13.0. The van der Waals surface area contributed by atoms with E-state index in [9.17, 15) is 9.59 Å². The van der Waals surface area contributed by atoms with Gasteiger partial charge < -0.3 is 24.1 Å². The quantitative estimate of drug-likeness (QED) is 0.534. The summed E-state index contributed by atoms with van der Waals surface area (Å²) in [5.74, 6) is 0.399. The van der Waals surface area contributed by atoms with Crippen LogP contribution in [-0.4, -0.2) is 51.9 Å². The lowest BCUT2D eigenvalue weighted by Gasteiger charge is -2.23. The summed E-state index contributed by atoms with van der Waals surface area (Å²) in [4.78, 5) is 25.2. The Balaban J connectivity index is 1.52. The molecule has 7 heteroatoms. The predicted molar refractivity (Wildman–Crippen MR) is 101 cm³/mol. The summed E-state index contributed by atoms with van der Waals surface area (Å²) >= 11 is 0. The third-order valence-electron chi connectivity index (χ3n) is 4.74. The molecule has 0 bridgehead atoms. The molecule has 1 saturated heterocycles. The van der Waals surface area contributed by atoms with Crippen molar-refractivity contribution in [3.63, 3.8) is 0 Å². The first kappa shape index (κ1) is 19.4. The molecule has 0 radical (unpaired) electrons. The number of hydrogen-bond acceptors (Lipinski definition) is 5. The first-order valence-electron chi connectivity index (χ1n) is 9.39. The first-order valence-corrected chi connectivity index (χ1v) is 9.39. The predicted octanol–water partition coefficient (Wildman–Crippen LogP) is 0.210. The smallest absolute Gasteiger partial charge is 0.336 e. The summed E-state index contributed by atoms with van der Waals surface area (Å²) in [5, 5.41) is 3.62. The van der Waals surface area contributed by atoms with Crippen LogP contribution in [0.25, 0.3) is 11.0 Å². The van der Waals surface area contributed by atoms with Crippen LogP contribution < -0.4 is 20.6 Å². The summed E-state index contributed by atoms with van der Waals surface area (Å²) in [6.45, 7) is 9.03. The molecule has 3 rings (SSSR count). The van der Waals surface area contributed by atoms with Gasteiger partial charge in [0.15, 0.2) is 6.61 Å². The van der Waals surface area contributed by atoms with E-state index < -0.39 is 5.63 Å². The second-order valence-electron chi connectivity index (χ2n) is 6.99. The number of hydrogen-bond donors (Lipinski definition) is 2. The summed E-state index contributed by atoms with van der Waals surface area (Å²) in [7, 11) is 0. The van der Waals surface area contributed by atoms with Gasteiger partial charge in [0.2, 0.25) is 0 Å². The minimum absolute atomic E-state index is 0.0679. The third kappa shape index (κ3) is 5.30. The summed E-state index contributed by atoms with van der Waals surface area (Å²) in [6.07, 6.45) is 0.929. The van der Waals surface area contributed by atoms with Crippen LogP contribution >= 0.6 is 0 Å². The van der Waals surface area contributed by atoms with Gasteiger partial charge in [0.1, 0.15) is 24.4 Å². The van der Waals surface area contributed by atoms with Crippen molar-refractivity contribution in [2.24, 2.45) is 0 Å². The zero-order valence-electron chi connectivity index (χ0n) is 15.9. The zero-order chi connectivity index (χ0) is 19.2. The van der Waals surface area contributed by atoms with Crippen molar-refractivity contribution in [3.8, 4) is 5.75 Å². The SMILES string of the molecule is Cc1cc(OCC(=O)NCCC[NH+]2CCOCC2)c2c(C)cc(=O)oc2c1. The van der Waals surface area contributed by atoms with E-state index in [0.717, 1.165) is 55.8 Å². The Bertz CT molecular complexity index is 855. The van der Waals surface area contributed by atoms with Gasteiger partial charge in [-0.2, -0.15) is 0 Å². The Hall–Kier alpha value is -2.38. The fraction of sp³-hybridized carbons (Fsp3) is 0.500. The standard InChI is InChI=1S/C20H26N2O5/c1-14-10-16(20-15(2)12-19(24)27-17(20)11-14)26-13-18(23)21-4-3-5-22-6-8-25-9-7-22/h10-12H,3-9,13H2,1-2H3,(H,21,23)/p+1. The van der Waals surface area contributed by atoms with Gasteiger partial charge in [-0.1, -0.05) is 0 Å². The Morgan fingerprint density at radius 3 is 2.78 bits per heavy atom. The minimum atomic E-state index is -0.392. The lowest BCUT2D eigenvalue weighted by molar-refractivity contribution is -0.908. The van der Waals surface area contributed by atoms with Crippen LogP contribution in [0.2, 0.25) is 0 Å². The maximum atomic E-state index is 12.1. The van der Waals surface area contributed by atoms with Gasteiger partial charge in [0.25, 0.3) is 5.91 Å². The highest BCUT2D eigenvalue weighted by molar-refractivity contribution is 5.88. The van der Waals surface area contributed by atoms with Crippen LogP contribution in [0.15, 0.2) is 27.4 Å². The zero-order valence-corrected chi connectivity index (χ0v) is 15.9. The number of aryl methyl sites for hydroxylation is 2. The number of quaternary nitrogens is 1. The van der Waals surface area contributed by atoms with E-state index in [0.29, 0.717) is 17.9 Å². The molecule has 0 atom stereocenters. The van der Waals surface area contributed by atoms with Gasteiger partial charge in [-0.25, -0.2) is 4.79 Å². The Morgan fingerprint density at radius 1 is 1.22 bits per heavy atom. The number of ether oxygens (including phenoxy) is 2. The van der Waals surface area contributed by atoms with Crippen molar-refractivity contribution in [2.75, 3.05) is 46.0 Å². The molecule has 1 amide bonds. The lowest BCUT2D eigenvalue weighted by Crippen LogP contribution is -3.14. The normalized spacial score (nSPS) is 15.0. The van der Waals surface area contributed by atoms with Crippen LogP contribution in [-0.2, 0) is 9.53 Å². The summed E-state index contributed by atoms with van der Waals surface area (Å²) < 4.78 is 16.3. The summed E-state index contributed by atoms with van der Waals surface area (Å²) in [5.41, 5.74) is 1.76. The Labute approximate surface area is 158 Å². The van der Waals surface area contributed by atoms with Crippen molar-refractivity contribution in [1.82, 2.24) is 5.32 Å². The molecule has 0 aliphatic carbocycles. The fourth-order valence-corrected chi connectivity index (χ4v) is 3.36. The van der Waals surface area contributed by atoms with Crippen molar-refractivity contribution < 1.29 is 23.6 Å². The monoisotopic (exact) mass is 375 g/mol. The number of carbonyl (C=O) groups excluding carboxylic acids is 1. The maximum Gasteiger partial charge on any atom is 0.336 e. The van der Waals surface area contributed by atoms with Gasteiger partial charge >= 0.3 is 5.63 Å². The Morgan fingerprint density at radius 2 is 2.00 bits per heavy atom. The van der Waals surface area contributed by atoms with Gasteiger partial charge in [-0.15, -0.1) is 0 Å². The molecule has 2 aromatic rings. The third-order valence-corrected chi connectivity index (χ3v) is 4.74. The van der Waals surface area contributed by atoms with Crippen LogP contribution in [0.4, 0.5) is 0 Å². The molecule has 1 fully saturated rings. The van der Waals surface area contributed by atoms with Crippen molar-refractivity contribution in [1.29, 1.82) is 0 Å². The molecule has 146 valence electrons. The van der Waals surface area contributed by atoms with Gasteiger partial charge in [-0.05, 0) is 37.1 Å². The second-order valence-corrected chi connectivity index (χ2v) is 6.99. The summed E-state index contributed by atoms with van der Waals surface area (Å²) in [6, 6.07) is 5.08. The highest BCUT2D eigenvalue weighted by Gasteiger charge is 2.14. The van der Waals surface area contributed by atoms with E-state index in [4.69, 9.17) is 13.9 Å². The number of carbonyl (C=O) groups is 1. The lowest BCUT2D eigenvalue weighted by atomic mass is 10.1. The minimum Gasteiger partial charge on any atom is -0.483 e. The van der Waals surface area contributed by atoms with Crippen LogP contribution in [0.3, 0.4) is 0 Å². The fourth-order valence-electron chi connectivity index (χ4n) is 3.36. The van der Waals surface area contributed by atoms with Gasteiger partial charge in [0.05, 0.1) is 25.1 Å². The van der Waals surface area contributed by atoms with E-state index in [1.54, 1.807) is 6.07 Å². The number of nitrogens with one attached hydrogen (secondary N) is 2. The Kier molecular flexibility index (Phi) is 6.47. The molecule has 2 N–H and O–H groups in total.